The zero-order valence-corrected chi connectivity index (χ0v) is 10.5. The normalized spacial score (nSPS) is 17.4. The molecule has 0 radical (unpaired) electrons. The number of hydrogen-bond donors (Lipinski definition) is 2. The fourth-order valence-corrected chi connectivity index (χ4v) is 2.07. The Morgan fingerprint density at radius 3 is 2.94 bits per heavy atom. The molecular weight excluding hydrogens is 273 g/mol. The van der Waals surface area contributed by atoms with Gasteiger partial charge in [0, 0.05) is 17.6 Å². The Hall–Kier alpha value is -0.450. The summed E-state index contributed by atoms with van der Waals surface area (Å²) in [7, 11) is 0. The molecule has 0 heterocycles. The molecule has 1 atom stereocenters. The smallest absolute Gasteiger partial charge is 0.123 e. The van der Waals surface area contributed by atoms with E-state index in [1.807, 2.05) is 0 Å². The third kappa shape index (κ3) is 3.27. The van der Waals surface area contributed by atoms with E-state index in [4.69, 9.17) is 0 Å². The molecular formula is C12H15BrFNO. The molecule has 1 aromatic rings. The lowest BCUT2D eigenvalue weighted by molar-refractivity contribution is 0.148. The van der Waals surface area contributed by atoms with Crippen molar-refractivity contribution in [2.24, 2.45) is 5.92 Å². The quantitative estimate of drug-likeness (QED) is 0.872. The van der Waals surface area contributed by atoms with E-state index in [0.29, 0.717) is 19.0 Å². The highest BCUT2D eigenvalue weighted by atomic mass is 79.9. The van der Waals surface area contributed by atoms with Crippen LogP contribution in [-0.2, 0) is 6.54 Å². The number of benzene rings is 1. The van der Waals surface area contributed by atoms with E-state index >= 15 is 0 Å². The number of aliphatic hydroxyl groups excluding tert-OH is 1. The van der Waals surface area contributed by atoms with Gasteiger partial charge in [0.15, 0.2) is 0 Å². The number of halogens is 2. The summed E-state index contributed by atoms with van der Waals surface area (Å²) in [5, 5.41) is 12.8. The largest absolute Gasteiger partial charge is 0.392 e. The molecule has 0 aromatic heterocycles. The average molecular weight is 288 g/mol. The van der Waals surface area contributed by atoms with Crippen LogP contribution in [0, 0.1) is 11.7 Å². The molecule has 1 fully saturated rings. The van der Waals surface area contributed by atoms with Crippen LogP contribution in [0.5, 0.6) is 0 Å². The fraction of sp³-hybridized carbons (Fsp3) is 0.500. The Balaban J connectivity index is 1.81. The minimum Gasteiger partial charge on any atom is -0.392 e. The molecule has 0 spiro atoms. The van der Waals surface area contributed by atoms with Crippen molar-refractivity contribution in [2.75, 3.05) is 6.54 Å². The fourth-order valence-electron chi connectivity index (χ4n) is 1.68. The lowest BCUT2D eigenvalue weighted by Gasteiger charge is -2.11. The van der Waals surface area contributed by atoms with Crippen LogP contribution in [0.2, 0.25) is 0 Å². The molecule has 0 amide bonds. The van der Waals surface area contributed by atoms with Gasteiger partial charge in [-0.3, -0.25) is 0 Å². The molecule has 2 nitrogen and oxygen atoms in total. The van der Waals surface area contributed by atoms with Crippen molar-refractivity contribution in [1.29, 1.82) is 0 Å². The third-order valence-electron chi connectivity index (χ3n) is 2.84. The van der Waals surface area contributed by atoms with Crippen molar-refractivity contribution < 1.29 is 9.50 Å². The Labute approximate surface area is 103 Å². The van der Waals surface area contributed by atoms with Crippen molar-refractivity contribution >= 4 is 15.9 Å². The van der Waals surface area contributed by atoms with Gasteiger partial charge in [-0.05, 0) is 42.5 Å². The van der Waals surface area contributed by atoms with Crippen LogP contribution < -0.4 is 5.32 Å². The summed E-state index contributed by atoms with van der Waals surface area (Å²) in [5.41, 5.74) is 0.878. The van der Waals surface area contributed by atoms with E-state index in [1.165, 1.54) is 12.1 Å². The molecule has 1 unspecified atom stereocenters. The lowest BCUT2D eigenvalue weighted by atomic mass is 10.2. The van der Waals surface area contributed by atoms with Gasteiger partial charge >= 0.3 is 0 Å². The molecule has 2 rings (SSSR count). The summed E-state index contributed by atoms with van der Waals surface area (Å²) in [6.07, 6.45) is 2.01. The van der Waals surface area contributed by atoms with Crippen molar-refractivity contribution in [3.8, 4) is 0 Å². The standard InChI is InChI=1S/C12H15BrFNO/c13-11-4-3-10(14)5-9(11)6-15-7-12(16)8-1-2-8/h3-5,8,12,15-16H,1-2,6-7H2. The first-order valence-electron chi connectivity index (χ1n) is 5.49. The topological polar surface area (TPSA) is 32.3 Å². The Morgan fingerprint density at radius 2 is 2.25 bits per heavy atom. The molecule has 0 bridgehead atoms. The van der Waals surface area contributed by atoms with Gasteiger partial charge in [0.05, 0.1) is 6.10 Å². The van der Waals surface area contributed by atoms with Gasteiger partial charge in [0.1, 0.15) is 5.82 Å². The molecule has 2 N–H and O–H groups in total. The molecule has 1 aliphatic rings. The van der Waals surface area contributed by atoms with Crippen LogP contribution in [0.15, 0.2) is 22.7 Å². The van der Waals surface area contributed by atoms with E-state index in [9.17, 15) is 9.50 Å². The molecule has 0 aliphatic heterocycles. The maximum Gasteiger partial charge on any atom is 0.123 e. The third-order valence-corrected chi connectivity index (χ3v) is 3.62. The summed E-state index contributed by atoms with van der Waals surface area (Å²) < 4.78 is 13.9. The van der Waals surface area contributed by atoms with Crippen LogP contribution in [0.1, 0.15) is 18.4 Å². The SMILES string of the molecule is OC(CNCc1cc(F)ccc1Br)C1CC1. The highest BCUT2D eigenvalue weighted by Gasteiger charge is 2.29. The molecule has 88 valence electrons. The number of rotatable bonds is 5. The van der Waals surface area contributed by atoms with Crippen LogP contribution in [0.4, 0.5) is 4.39 Å². The van der Waals surface area contributed by atoms with Crippen molar-refractivity contribution in [2.45, 2.75) is 25.5 Å². The average Bonchev–Trinajstić information content (AvgIpc) is 3.06. The van der Waals surface area contributed by atoms with Gasteiger partial charge in [-0.25, -0.2) is 4.39 Å². The highest BCUT2D eigenvalue weighted by molar-refractivity contribution is 9.10. The highest BCUT2D eigenvalue weighted by Crippen LogP contribution is 2.32. The van der Waals surface area contributed by atoms with E-state index in [-0.39, 0.29) is 11.9 Å². The molecule has 4 heteroatoms. The Morgan fingerprint density at radius 1 is 1.50 bits per heavy atom. The van der Waals surface area contributed by atoms with Crippen LogP contribution in [0.3, 0.4) is 0 Å². The van der Waals surface area contributed by atoms with E-state index in [0.717, 1.165) is 22.9 Å². The molecule has 16 heavy (non-hydrogen) atoms. The van der Waals surface area contributed by atoms with Crippen LogP contribution in [0.25, 0.3) is 0 Å². The number of nitrogens with one attached hydrogen (secondary N) is 1. The second-order valence-electron chi connectivity index (χ2n) is 4.27. The summed E-state index contributed by atoms with van der Waals surface area (Å²) >= 11 is 3.37. The second-order valence-corrected chi connectivity index (χ2v) is 5.13. The lowest BCUT2D eigenvalue weighted by Crippen LogP contribution is -2.27. The Kier molecular flexibility index (Phi) is 3.95. The van der Waals surface area contributed by atoms with Crippen LogP contribution in [-0.4, -0.2) is 17.8 Å². The predicted octanol–water partition coefficient (Wildman–Crippen LogP) is 2.45. The van der Waals surface area contributed by atoms with Gasteiger partial charge in [0.2, 0.25) is 0 Å². The predicted molar refractivity (Wildman–Crippen MR) is 64.5 cm³/mol. The maximum absolute atomic E-state index is 13.0. The molecule has 1 saturated carbocycles. The van der Waals surface area contributed by atoms with Gasteiger partial charge in [0.25, 0.3) is 0 Å². The van der Waals surface area contributed by atoms with E-state index < -0.39 is 0 Å². The first kappa shape index (κ1) is 12.0. The monoisotopic (exact) mass is 287 g/mol. The van der Waals surface area contributed by atoms with Gasteiger partial charge < -0.3 is 10.4 Å². The summed E-state index contributed by atoms with van der Waals surface area (Å²) in [5.74, 6) is 0.242. The van der Waals surface area contributed by atoms with Gasteiger partial charge in [-0.15, -0.1) is 0 Å². The van der Waals surface area contributed by atoms with Crippen molar-refractivity contribution in [1.82, 2.24) is 5.32 Å². The van der Waals surface area contributed by atoms with Crippen LogP contribution >= 0.6 is 15.9 Å². The zero-order valence-electron chi connectivity index (χ0n) is 8.92. The molecule has 1 aliphatic carbocycles. The minimum atomic E-state index is -0.257. The number of hydrogen-bond acceptors (Lipinski definition) is 2. The first-order chi connectivity index (χ1) is 7.66. The Bertz CT molecular complexity index is 368. The summed E-state index contributed by atoms with van der Waals surface area (Å²) in [6, 6.07) is 4.62. The van der Waals surface area contributed by atoms with Crippen molar-refractivity contribution in [3.63, 3.8) is 0 Å². The van der Waals surface area contributed by atoms with E-state index in [2.05, 4.69) is 21.2 Å². The van der Waals surface area contributed by atoms with Gasteiger partial charge in [-0.1, -0.05) is 15.9 Å². The second kappa shape index (κ2) is 5.25. The summed E-state index contributed by atoms with van der Waals surface area (Å²) in [6.45, 7) is 1.15. The maximum atomic E-state index is 13.0. The first-order valence-corrected chi connectivity index (χ1v) is 6.29. The zero-order chi connectivity index (χ0) is 11.5. The number of aliphatic hydroxyl groups is 1. The van der Waals surface area contributed by atoms with E-state index in [1.54, 1.807) is 6.07 Å². The van der Waals surface area contributed by atoms with Gasteiger partial charge in [-0.2, -0.15) is 0 Å². The molecule has 1 aromatic carbocycles. The van der Waals surface area contributed by atoms with Crippen molar-refractivity contribution in [3.05, 3.63) is 34.1 Å². The molecule has 0 saturated heterocycles. The minimum absolute atomic E-state index is 0.234. The summed E-state index contributed by atoms with van der Waals surface area (Å²) in [4.78, 5) is 0.